The zero-order valence-corrected chi connectivity index (χ0v) is 16.4. The maximum atomic E-state index is 12.4. The minimum Gasteiger partial charge on any atom is -0.388 e. The van der Waals surface area contributed by atoms with Crippen LogP contribution in [-0.4, -0.2) is 20.6 Å². The van der Waals surface area contributed by atoms with Crippen LogP contribution in [0.1, 0.15) is 54.4 Å². The number of rotatable bonds is 8. The number of imidazole rings is 1. The SMILES string of the molecule is CCCC(O)c1ccc(-c2ccc(C(=O)NCc3cncn3CC)cc2)cc1. The summed E-state index contributed by atoms with van der Waals surface area (Å²) in [5.41, 5.74) is 4.65. The van der Waals surface area contributed by atoms with Gasteiger partial charge in [-0.05, 0) is 42.2 Å². The van der Waals surface area contributed by atoms with E-state index >= 15 is 0 Å². The van der Waals surface area contributed by atoms with E-state index in [1.54, 1.807) is 12.5 Å². The molecule has 0 saturated heterocycles. The standard InChI is InChI=1S/C23H27N3O2/c1-3-5-22(27)19-10-6-17(7-11-19)18-8-12-20(13-9-18)23(28)25-15-21-14-24-16-26(21)4-2/h6-14,16,22,27H,3-5,15H2,1-2H3,(H,25,28). The molecular formula is C23H27N3O2. The molecule has 2 aromatic carbocycles. The van der Waals surface area contributed by atoms with Crippen LogP contribution in [0, 0.1) is 0 Å². The molecule has 3 rings (SSSR count). The second-order valence-corrected chi connectivity index (χ2v) is 6.86. The minimum atomic E-state index is -0.408. The first-order valence-electron chi connectivity index (χ1n) is 9.78. The summed E-state index contributed by atoms with van der Waals surface area (Å²) in [5.74, 6) is -0.103. The van der Waals surface area contributed by atoms with Crippen molar-refractivity contribution in [2.75, 3.05) is 0 Å². The Balaban J connectivity index is 1.63. The van der Waals surface area contributed by atoms with Crippen molar-refractivity contribution >= 4 is 5.91 Å². The first-order chi connectivity index (χ1) is 13.6. The Morgan fingerprint density at radius 2 is 1.71 bits per heavy atom. The summed E-state index contributed by atoms with van der Waals surface area (Å²) in [6.45, 7) is 5.39. The molecule has 0 aliphatic heterocycles. The van der Waals surface area contributed by atoms with E-state index in [1.165, 1.54) is 0 Å². The van der Waals surface area contributed by atoms with Gasteiger partial charge in [0.2, 0.25) is 0 Å². The first kappa shape index (κ1) is 19.8. The highest BCUT2D eigenvalue weighted by atomic mass is 16.3. The number of amides is 1. The fourth-order valence-electron chi connectivity index (χ4n) is 3.20. The van der Waals surface area contributed by atoms with Gasteiger partial charge in [0.05, 0.1) is 24.7 Å². The Labute approximate surface area is 166 Å². The van der Waals surface area contributed by atoms with E-state index in [9.17, 15) is 9.90 Å². The lowest BCUT2D eigenvalue weighted by molar-refractivity contribution is 0.0950. The van der Waals surface area contributed by atoms with E-state index in [-0.39, 0.29) is 5.91 Å². The third kappa shape index (κ3) is 4.67. The van der Waals surface area contributed by atoms with Gasteiger partial charge < -0.3 is 15.0 Å². The quantitative estimate of drug-likeness (QED) is 0.614. The lowest BCUT2D eigenvalue weighted by Crippen LogP contribution is -2.24. The molecule has 0 aliphatic carbocycles. The van der Waals surface area contributed by atoms with E-state index in [2.05, 4.69) is 17.2 Å². The number of hydrogen-bond acceptors (Lipinski definition) is 3. The van der Waals surface area contributed by atoms with Gasteiger partial charge in [0.1, 0.15) is 0 Å². The average molecular weight is 377 g/mol. The van der Waals surface area contributed by atoms with Crippen molar-refractivity contribution in [3.63, 3.8) is 0 Å². The number of nitrogens with zero attached hydrogens (tertiary/aromatic N) is 2. The molecule has 0 saturated carbocycles. The molecule has 1 aromatic heterocycles. The molecule has 0 spiro atoms. The van der Waals surface area contributed by atoms with Crippen LogP contribution in [0.3, 0.4) is 0 Å². The molecule has 0 fully saturated rings. The topological polar surface area (TPSA) is 67.2 Å². The summed E-state index contributed by atoms with van der Waals surface area (Å²) >= 11 is 0. The molecule has 0 aliphatic rings. The maximum Gasteiger partial charge on any atom is 0.251 e. The predicted molar refractivity (Wildman–Crippen MR) is 111 cm³/mol. The van der Waals surface area contributed by atoms with Crippen molar-refractivity contribution in [3.05, 3.63) is 77.9 Å². The Morgan fingerprint density at radius 1 is 1.07 bits per heavy atom. The molecule has 1 atom stereocenters. The fraction of sp³-hybridized carbons (Fsp3) is 0.304. The molecule has 0 radical (unpaired) electrons. The zero-order chi connectivity index (χ0) is 19.9. The number of hydrogen-bond donors (Lipinski definition) is 2. The Morgan fingerprint density at radius 3 is 2.32 bits per heavy atom. The Hall–Kier alpha value is -2.92. The van der Waals surface area contributed by atoms with Gasteiger partial charge in [0, 0.05) is 18.3 Å². The minimum absolute atomic E-state index is 0.103. The van der Waals surface area contributed by atoms with Crippen molar-refractivity contribution < 1.29 is 9.90 Å². The lowest BCUT2D eigenvalue weighted by Gasteiger charge is -2.11. The largest absolute Gasteiger partial charge is 0.388 e. The monoisotopic (exact) mass is 377 g/mol. The average Bonchev–Trinajstić information content (AvgIpc) is 3.20. The van der Waals surface area contributed by atoms with Crippen molar-refractivity contribution in [2.45, 2.75) is 45.9 Å². The summed E-state index contributed by atoms with van der Waals surface area (Å²) in [7, 11) is 0. The smallest absolute Gasteiger partial charge is 0.251 e. The molecule has 3 aromatic rings. The predicted octanol–water partition coefficient (Wildman–Crippen LogP) is 4.33. The number of carbonyl (C=O) groups is 1. The molecule has 5 heteroatoms. The normalized spacial score (nSPS) is 12.0. The van der Waals surface area contributed by atoms with Crippen molar-refractivity contribution in [1.29, 1.82) is 0 Å². The molecule has 146 valence electrons. The number of aliphatic hydroxyl groups is 1. The van der Waals surface area contributed by atoms with Crippen LogP contribution in [0.15, 0.2) is 61.1 Å². The molecule has 5 nitrogen and oxygen atoms in total. The van der Waals surface area contributed by atoms with Gasteiger partial charge in [-0.2, -0.15) is 0 Å². The molecule has 0 bridgehead atoms. The molecule has 2 N–H and O–H groups in total. The van der Waals surface area contributed by atoms with Crippen LogP contribution >= 0.6 is 0 Å². The summed E-state index contributed by atoms with van der Waals surface area (Å²) in [6, 6.07) is 15.5. The summed E-state index contributed by atoms with van der Waals surface area (Å²) < 4.78 is 2.00. The van der Waals surface area contributed by atoms with E-state index in [0.717, 1.165) is 41.8 Å². The number of carbonyl (C=O) groups excluding carboxylic acids is 1. The highest BCUT2D eigenvalue weighted by molar-refractivity contribution is 5.94. The van der Waals surface area contributed by atoms with Gasteiger partial charge >= 0.3 is 0 Å². The molecule has 1 unspecified atom stereocenters. The van der Waals surface area contributed by atoms with Crippen LogP contribution in [0.5, 0.6) is 0 Å². The van der Waals surface area contributed by atoms with Crippen molar-refractivity contribution in [2.24, 2.45) is 0 Å². The van der Waals surface area contributed by atoms with Crippen LogP contribution in [0.4, 0.5) is 0 Å². The number of aryl methyl sites for hydroxylation is 1. The molecule has 1 amide bonds. The molecule has 1 heterocycles. The maximum absolute atomic E-state index is 12.4. The van der Waals surface area contributed by atoms with Crippen molar-refractivity contribution in [1.82, 2.24) is 14.9 Å². The molecule has 28 heavy (non-hydrogen) atoms. The van der Waals surface area contributed by atoms with Crippen LogP contribution in [0.2, 0.25) is 0 Å². The van der Waals surface area contributed by atoms with E-state index in [1.807, 2.05) is 60.0 Å². The molecular weight excluding hydrogens is 350 g/mol. The first-order valence-corrected chi connectivity index (χ1v) is 9.78. The van der Waals surface area contributed by atoms with Crippen LogP contribution < -0.4 is 5.32 Å². The third-order valence-electron chi connectivity index (χ3n) is 4.91. The second kappa shape index (κ2) is 9.33. The summed E-state index contributed by atoms with van der Waals surface area (Å²) in [5, 5.41) is 13.0. The van der Waals surface area contributed by atoms with Crippen LogP contribution in [-0.2, 0) is 13.1 Å². The van der Waals surface area contributed by atoms with Gasteiger partial charge in [-0.1, -0.05) is 49.7 Å². The Bertz CT molecular complexity index is 898. The zero-order valence-electron chi connectivity index (χ0n) is 16.4. The van der Waals surface area contributed by atoms with Gasteiger partial charge in [0.25, 0.3) is 5.91 Å². The highest BCUT2D eigenvalue weighted by Crippen LogP contribution is 2.24. The number of aromatic nitrogens is 2. The second-order valence-electron chi connectivity index (χ2n) is 6.86. The van der Waals surface area contributed by atoms with Gasteiger partial charge in [0.15, 0.2) is 0 Å². The lowest BCUT2D eigenvalue weighted by atomic mass is 9.99. The van der Waals surface area contributed by atoms with E-state index in [0.29, 0.717) is 12.1 Å². The van der Waals surface area contributed by atoms with Gasteiger partial charge in [-0.15, -0.1) is 0 Å². The summed E-state index contributed by atoms with van der Waals surface area (Å²) in [4.78, 5) is 16.5. The highest BCUT2D eigenvalue weighted by Gasteiger charge is 2.09. The van der Waals surface area contributed by atoms with Crippen LogP contribution in [0.25, 0.3) is 11.1 Å². The number of benzene rings is 2. The van der Waals surface area contributed by atoms with Gasteiger partial charge in [-0.3, -0.25) is 4.79 Å². The number of nitrogens with one attached hydrogen (secondary N) is 1. The number of aliphatic hydroxyl groups excluding tert-OH is 1. The van der Waals surface area contributed by atoms with Gasteiger partial charge in [-0.25, -0.2) is 4.98 Å². The summed E-state index contributed by atoms with van der Waals surface area (Å²) in [6.07, 6.45) is 4.85. The Kier molecular flexibility index (Phi) is 6.61. The van der Waals surface area contributed by atoms with E-state index in [4.69, 9.17) is 0 Å². The fourth-order valence-corrected chi connectivity index (χ4v) is 3.20. The van der Waals surface area contributed by atoms with E-state index < -0.39 is 6.10 Å². The third-order valence-corrected chi connectivity index (χ3v) is 4.91. The van der Waals surface area contributed by atoms with Crippen molar-refractivity contribution in [3.8, 4) is 11.1 Å².